The molecule has 0 saturated carbocycles. The highest BCUT2D eigenvalue weighted by molar-refractivity contribution is 5.76. The van der Waals surface area contributed by atoms with Crippen LogP contribution < -0.4 is 0 Å². The van der Waals surface area contributed by atoms with Crippen molar-refractivity contribution in [3.63, 3.8) is 0 Å². The predicted octanol–water partition coefficient (Wildman–Crippen LogP) is 0.798. The van der Waals surface area contributed by atoms with Crippen molar-refractivity contribution >= 4 is 11.8 Å². The maximum atomic E-state index is 12.0. The molecule has 0 aromatic heterocycles. The van der Waals surface area contributed by atoms with Crippen LogP contribution in [0.1, 0.15) is 34.1 Å². The zero-order chi connectivity index (χ0) is 14.6. The Kier molecular flexibility index (Phi) is 5.35. The summed E-state index contributed by atoms with van der Waals surface area (Å²) in [5, 5.41) is 0. The lowest BCUT2D eigenvalue weighted by Crippen LogP contribution is -2.49. The molecule has 0 radical (unpaired) electrons. The second kappa shape index (κ2) is 6.37. The molecule has 1 rings (SSSR count). The van der Waals surface area contributed by atoms with Crippen LogP contribution in [-0.2, 0) is 9.59 Å². The molecule has 1 heterocycles. The Balaban J connectivity index is 2.31. The van der Waals surface area contributed by atoms with E-state index in [1.165, 1.54) is 0 Å². The first-order chi connectivity index (χ1) is 8.71. The van der Waals surface area contributed by atoms with E-state index in [-0.39, 0.29) is 17.4 Å². The average Bonchev–Trinajstić information content (AvgIpc) is 2.34. The molecule has 0 unspecified atom stereocenters. The minimum atomic E-state index is -0.121. The van der Waals surface area contributed by atoms with Crippen molar-refractivity contribution in [1.29, 1.82) is 0 Å². The highest BCUT2D eigenvalue weighted by Crippen LogP contribution is 2.12. The summed E-state index contributed by atoms with van der Waals surface area (Å²) in [4.78, 5) is 29.2. The molecule has 1 fully saturated rings. The Morgan fingerprint density at radius 2 is 1.63 bits per heavy atom. The Morgan fingerprint density at radius 3 is 2.05 bits per heavy atom. The molecule has 5 heteroatoms. The van der Waals surface area contributed by atoms with E-state index in [1.54, 1.807) is 11.8 Å². The van der Waals surface area contributed by atoms with Crippen LogP contribution >= 0.6 is 0 Å². The van der Waals surface area contributed by atoms with E-state index in [0.29, 0.717) is 6.42 Å². The predicted molar refractivity (Wildman–Crippen MR) is 75.8 cm³/mol. The van der Waals surface area contributed by atoms with Gasteiger partial charge in [-0.05, 0) is 20.8 Å². The summed E-state index contributed by atoms with van der Waals surface area (Å²) in [5.41, 5.74) is -0.121. The molecular formula is C14H27N3O2. The highest BCUT2D eigenvalue weighted by Gasteiger charge is 2.23. The maximum absolute atomic E-state index is 12.0. The monoisotopic (exact) mass is 269 g/mol. The van der Waals surface area contributed by atoms with Crippen LogP contribution in [0, 0.1) is 0 Å². The summed E-state index contributed by atoms with van der Waals surface area (Å²) < 4.78 is 0. The van der Waals surface area contributed by atoms with Gasteiger partial charge in [0.15, 0.2) is 0 Å². The molecule has 0 spiro atoms. The van der Waals surface area contributed by atoms with Crippen LogP contribution in [0.3, 0.4) is 0 Å². The van der Waals surface area contributed by atoms with Crippen molar-refractivity contribution in [2.75, 3.05) is 39.8 Å². The average molecular weight is 269 g/mol. The van der Waals surface area contributed by atoms with Crippen LogP contribution in [-0.4, -0.2) is 71.8 Å². The van der Waals surface area contributed by atoms with Crippen LogP contribution in [0.5, 0.6) is 0 Å². The Labute approximate surface area is 116 Å². The Morgan fingerprint density at radius 1 is 1.11 bits per heavy atom. The minimum absolute atomic E-state index is 0.121. The minimum Gasteiger partial charge on any atom is -0.341 e. The van der Waals surface area contributed by atoms with Gasteiger partial charge >= 0.3 is 0 Å². The van der Waals surface area contributed by atoms with Crippen LogP contribution in [0.2, 0.25) is 0 Å². The fourth-order valence-corrected chi connectivity index (χ4v) is 2.08. The van der Waals surface area contributed by atoms with Gasteiger partial charge in [-0.2, -0.15) is 0 Å². The van der Waals surface area contributed by atoms with Crippen molar-refractivity contribution < 1.29 is 9.59 Å². The van der Waals surface area contributed by atoms with Crippen molar-refractivity contribution in [1.82, 2.24) is 14.7 Å². The maximum Gasteiger partial charge on any atom is 0.224 e. The van der Waals surface area contributed by atoms with Crippen molar-refractivity contribution in [3.05, 3.63) is 0 Å². The fourth-order valence-electron chi connectivity index (χ4n) is 2.08. The molecule has 0 bridgehead atoms. The standard InChI is InChI=1S/C14H27N3O2/c1-12(18)17-10-8-16(9-11-17)7-6-13(19)15(5)14(2,3)4/h6-11H2,1-5H3. The van der Waals surface area contributed by atoms with E-state index < -0.39 is 0 Å². The van der Waals surface area contributed by atoms with E-state index in [9.17, 15) is 9.59 Å². The molecule has 0 aromatic rings. The van der Waals surface area contributed by atoms with Gasteiger partial charge in [-0.25, -0.2) is 0 Å². The third-order valence-corrected chi connectivity index (χ3v) is 3.84. The van der Waals surface area contributed by atoms with Gasteiger partial charge in [0.1, 0.15) is 0 Å². The van der Waals surface area contributed by atoms with Crippen LogP contribution in [0.15, 0.2) is 0 Å². The first-order valence-corrected chi connectivity index (χ1v) is 6.96. The number of carbonyl (C=O) groups is 2. The van der Waals surface area contributed by atoms with Gasteiger partial charge in [-0.1, -0.05) is 0 Å². The SMILES string of the molecule is CC(=O)N1CCN(CCC(=O)N(C)C(C)(C)C)CC1. The lowest BCUT2D eigenvalue weighted by atomic mass is 10.1. The Bertz CT molecular complexity index is 328. The fraction of sp³-hybridized carbons (Fsp3) is 0.857. The molecule has 1 aliphatic heterocycles. The summed E-state index contributed by atoms with van der Waals surface area (Å²) in [7, 11) is 1.86. The van der Waals surface area contributed by atoms with Gasteiger partial charge in [0.05, 0.1) is 0 Å². The number of rotatable bonds is 3. The third kappa shape index (κ3) is 4.82. The summed E-state index contributed by atoms with van der Waals surface area (Å²) in [6.07, 6.45) is 0.549. The van der Waals surface area contributed by atoms with E-state index in [0.717, 1.165) is 32.7 Å². The quantitative estimate of drug-likeness (QED) is 0.761. The lowest BCUT2D eigenvalue weighted by Gasteiger charge is -2.35. The third-order valence-electron chi connectivity index (χ3n) is 3.84. The van der Waals surface area contributed by atoms with Crippen LogP contribution in [0.4, 0.5) is 0 Å². The number of carbonyl (C=O) groups excluding carboxylic acids is 2. The molecule has 0 aromatic carbocycles. The molecule has 5 nitrogen and oxygen atoms in total. The van der Waals surface area contributed by atoms with Gasteiger partial charge in [-0.15, -0.1) is 0 Å². The van der Waals surface area contributed by atoms with Crippen molar-refractivity contribution in [2.45, 2.75) is 39.7 Å². The second-order valence-corrected chi connectivity index (χ2v) is 6.22. The van der Waals surface area contributed by atoms with E-state index in [4.69, 9.17) is 0 Å². The molecule has 1 saturated heterocycles. The second-order valence-electron chi connectivity index (χ2n) is 6.22. The highest BCUT2D eigenvalue weighted by atomic mass is 16.2. The molecular weight excluding hydrogens is 242 g/mol. The van der Waals surface area contributed by atoms with Gasteiger partial charge in [-0.3, -0.25) is 14.5 Å². The molecule has 0 atom stereocenters. The number of nitrogens with zero attached hydrogens (tertiary/aromatic N) is 3. The number of hydrogen-bond acceptors (Lipinski definition) is 3. The largest absolute Gasteiger partial charge is 0.341 e. The lowest BCUT2D eigenvalue weighted by molar-refractivity contribution is -0.135. The molecule has 0 aliphatic carbocycles. The van der Waals surface area contributed by atoms with Crippen molar-refractivity contribution in [3.8, 4) is 0 Å². The topological polar surface area (TPSA) is 43.9 Å². The van der Waals surface area contributed by atoms with Gasteiger partial charge in [0.25, 0.3) is 0 Å². The Hall–Kier alpha value is -1.10. The molecule has 110 valence electrons. The number of hydrogen-bond donors (Lipinski definition) is 0. The summed E-state index contributed by atoms with van der Waals surface area (Å²) in [6, 6.07) is 0. The molecule has 1 aliphatic rings. The molecule has 0 N–H and O–H groups in total. The summed E-state index contributed by atoms with van der Waals surface area (Å²) >= 11 is 0. The normalized spacial score (nSPS) is 17.4. The van der Waals surface area contributed by atoms with E-state index in [2.05, 4.69) is 4.90 Å². The first-order valence-electron chi connectivity index (χ1n) is 6.96. The van der Waals surface area contributed by atoms with E-state index >= 15 is 0 Å². The molecule has 19 heavy (non-hydrogen) atoms. The number of amides is 2. The zero-order valence-electron chi connectivity index (χ0n) is 12.9. The summed E-state index contributed by atoms with van der Waals surface area (Å²) in [6.45, 7) is 11.8. The summed E-state index contributed by atoms with van der Waals surface area (Å²) in [5.74, 6) is 0.324. The van der Waals surface area contributed by atoms with E-state index in [1.807, 2.05) is 32.7 Å². The van der Waals surface area contributed by atoms with Gasteiger partial charge in [0.2, 0.25) is 11.8 Å². The van der Waals surface area contributed by atoms with Gasteiger partial charge < -0.3 is 9.80 Å². The van der Waals surface area contributed by atoms with Gasteiger partial charge in [0, 0.05) is 58.7 Å². The van der Waals surface area contributed by atoms with Crippen molar-refractivity contribution in [2.24, 2.45) is 0 Å². The number of piperazine rings is 1. The zero-order valence-corrected chi connectivity index (χ0v) is 12.9. The van der Waals surface area contributed by atoms with Crippen LogP contribution in [0.25, 0.3) is 0 Å². The molecule has 2 amide bonds. The first kappa shape index (κ1) is 16.0. The smallest absolute Gasteiger partial charge is 0.224 e.